The quantitative estimate of drug-likeness (QED) is 0.585. The van der Waals surface area contributed by atoms with E-state index in [0.717, 1.165) is 16.6 Å². The minimum atomic E-state index is -0.0115. The van der Waals surface area contributed by atoms with Crippen molar-refractivity contribution in [3.05, 3.63) is 60.2 Å². The predicted octanol–water partition coefficient (Wildman–Crippen LogP) is 2.58. The van der Waals surface area contributed by atoms with Crippen molar-refractivity contribution in [2.24, 2.45) is 7.05 Å². The molecule has 0 saturated carbocycles. The third-order valence-corrected chi connectivity index (χ3v) is 3.46. The number of anilines is 1. The second-order valence-electron chi connectivity index (χ2n) is 4.84. The monoisotopic (exact) mass is 265 g/mol. The fourth-order valence-electron chi connectivity index (χ4n) is 2.31. The molecule has 0 fully saturated rings. The molecule has 0 amide bonds. The number of imidazole rings is 1. The second-order valence-corrected chi connectivity index (χ2v) is 4.84. The van der Waals surface area contributed by atoms with Crippen molar-refractivity contribution in [3.8, 4) is 0 Å². The van der Waals surface area contributed by atoms with E-state index in [9.17, 15) is 4.79 Å². The summed E-state index contributed by atoms with van der Waals surface area (Å²) in [5, 5.41) is 2.06. The zero-order valence-corrected chi connectivity index (χ0v) is 11.2. The number of nitrogen functional groups attached to an aromatic ring is 1. The van der Waals surface area contributed by atoms with Gasteiger partial charge >= 0.3 is 0 Å². The average Bonchev–Trinajstić information content (AvgIpc) is 2.83. The third kappa shape index (κ3) is 2.16. The van der Waals surface area contributed by atoms with Gasteiger partial charge in [-0.25, -0.2) is 4.98 Å². The minimum Gasteiger partial charge on any atom is -0.398 e. The van der Waals surface area contributed by atoms with E-state index in [1.54, 1.807) is 6.20 Å². The van der Waals surface area contributed by atoms with E-state index in [4.69, 9.17) is 5.73 Å². The van der Waals surface area contributed by atoms with Crippen molar-refractivity contribution in [3.63, 3.8) is 0 Å². The Morgan fingerprint density at radius 2 is 1.95 bits per heavy atom. The summed E-state index contributed by atoms with van der Waals surface area (Å²) >= 11 is 0. The van der Waals surface area contributed by atoms with Crippen molar-refractivity contribution in [1.29, 1.82) is 0 Å². The lowest BCUT2D eigenvalue weighted by Gasteiger charge is -2.07. The number of rotatable bonds is 3. The number of benzene rings is 2. The van der Waals surface area contributed by atoms with Crippen LogP contribution in [0.25, 0.3) is 10.8 Å². The molecule has 2 N–H and O–H groups in total. The Morgan fingerprint density at radius 3 is 2.60 bits per heavy atom. The van der Waals surface area contributed by atoms with E-state index < -0.39 is 0 Å². The van der Waals surface area contributed by atoms with Crippen LogP contribution < -0.4 is 5.73 Å². The van der Waals surface area contributed by atoms with Gasteiger partial charge in [0.1, 0.15) is 5.82 Å². The molecule has 100 valence electrons. The van der Waals surface area contributed by atoms with Gasteiger partial charge in [-0.05, 0) is 22.9 Å². The molecule has 1 heterocycles. The predicted molar refractivity (Wildman–Crippen MR) is 79.6 cm³/mol. The molecule has 20 heavy (non-hydrogen) atoms. The molecule has 0 radical (unpaired) electrons. The number of nitrogens with two attached hydrogens (primary N) is 1. The largest absolute Gasteiger partial charge is 0.398 e. The van der Waals surface area contributed by atoms with E-state index >= 15 is 0 Å². The van der Waals surface area contributed by atoms with Gasteiger partial charge in [0.2, 0.25) is 0 Å². The molecule has 0 aliphatic carbocycles. The molecule has 1 aromatic heterocycles. The zero-order valence-electron chi connectivity index (χ0n) is 11.2. The van der Waals surface area contributed by atoms with Crippen molar-refractivity contribution in [2.45, 2.75) is 6.42 Å². The van der Waals surface area contributed by atoms with Gasteiger partial charge in [0.25, 0.3) is 0 Å². The summed E-state index contributed by atoms with van der Waals surface area (Å²) in [4.78, 5) is 16.6. The summed E-state index contributed by atoms with van der Waals surface area (Å²) in [5.74, 6) is 0.727. The van der Waals surface area contributed by atoms with Crippen LogP contribution in [0.4, 0.5) is 5.69 Å². The van der Waals surface area contributed by atoms with Gasteiger partial charge in [0.05, 0.1) is 6.42 Å². The van der Waals surface area contributed by atoms with Gasteiger partial charge in [-0.15, -0.1) is 0 Å². The number of fused-ring (bicyclic) bond motifs is 1. The highest BCUT2D eigenvalue weighted by molar-refractivity contribution is 6.05. The Labute approximate surface area is 116 Å². The number of aromatic nitrogens is 2. The highest BCUT2D eigenvalue weighted by atomic mass is 16.1. The number of Topliss-reactive ketones (excluding diaryl/α,β-unsaturated/α-hetero) is 1. The van der Waals surface area contributed by atoms with Gasteiger partial charge in [-0.1, -0.05) is 24.3 Å². The third-order valence-electron chi connectivity index (χ3n) is 3.46. The maximum Gasteiger partial charge on any atom is 0.172 e. The Balaban J connectivity index is 1.99. The van der Waals surface area contributed by atoms with Crippen LogP contribution in [0.5, 0.6) is 0 Å². The normalized spacial score (nSPS) is 10.8. The van der Waals surface area contributed by atoms with Crippen LogP contribution in [0, 0.1) is 0 Å². The molecular weight excluding hydrogens is 250 g/mol. The highest BCUT2D eigenvalue weighted by Crippen LogP contribution is 2.23. The molecule has 3 rings (SSSR count). The minimum absolute atomic E-state index is 0.0115. The van der Waals surface area contributed by atoms with E-state index in [2.05, 4.69) is 4.98 Å². The maximum absolute atomic E-state index is 12.4. The number of aryl methyl sites for hydroxylation is 1. The van der Waals surface area contributed by atoms with E-state index in [1.807, 2.05) is 54.2 Å². The number of carbonyl (C=O) groups is 1. The lowest BCUT2D eigenvalue weighted by atomic mass is 10.0. The van der Waals surface area contributed by atoms with Crippen LogP contribution >= 0.6 is 0 Å². The topological polar surface area (TPSA) is 60.9 Å². The van der Waals surface area contributed by atoms with Crippen molar-refractivity contribution in [1.82, 2.24) is 9.55 Å². The summed E-state index contributed by atoms with van der Waals surface area (Å²) in [6.45, 7) is 0. The maximum atomic E-state index is 12.4. The van der Waals surface area contributed by atoms with Gasteiger partial charge < -0.3 is 10.3 Å². The second kappa shape index (κ2) is 4.81. The van der Waals surface area contributed by atoms with Crippen molar-refractivity contribution < 1.29 is 4.79 Å². The summed E-state index contributed by atoms with van der Waals surface area (Å²) < 4.78 is 1.84. The first kappa shape index (κ1) is 12.4. The fourth-order valence-corrected chi connectivity index (χ4v) is 2.31. The van der Waals surface area contributed by atoms with Gasteiger partial charge in [0.15, 0.2) is 5.78 Å². The van der Waals surface area contributed by atoms with Crippen LogP contribution in [-0.2, 0) is 13.5 Å². The molecule has 0 spiro atoms. The number of ketones is 1. The van der Waals surface area contributed by atoms with Crippen LogP contribution in [-0.4, -0.2) is 15.3 Å². The molecule has 0 unspecified atom stereocenters. The summed E-state index contributed by atoms with van der Waals surface area (Å²) in [6.07, 6.45) is 3.77. The van der Waals surface area contributed by atoms with Crippen LogP contribution in [0.3, 0.4) is 0 Å². The average molecular weight is 265 g/mol. The van der Waals surface area contributed by atoms with E-state index in [1.165, 1.54) is 0 Å². The van der Waals surface area contributed by atoms with Crippen LogP contribution in [0.1, 0.15) is 16.2 Å². The Morgan fingerprint density at radius 1 is 1.25 bits per heavy atom. The first-order valence-corrected chi connectivity index (χ1v) is 6.43. The number of carbonyl (C=O) groups excluding carboxylic acids is 1. The highest BCUT2D eigenvalue weighted by Gasteiger charge is 2.14. The number of hydrogen-bond acceptors (Lipinski definition) is 3. The zero-order chi connectivity index (χ0) is 14.1. The van der Waals surface area contributed by atoms with Crippen LogP contribution in [0.2, 0.25) is 0 Å². The molecule has 0 saturated heterocycles. The van der Waals surface area contributed by atoms with E-state index in [-0.39, 0.29) is 12.2 Å². The lowest BCUT2D eigenvalue weighted by Crippen LogP contribution is -2.10. The Hall–Kier alpha value is -2.62. The molecule has 0 bridgehead atoms. The Kier molecular flexibility index (Phi) is 2.99. The van der Waals surface area contributed by atoms with Crippen LogP contribution in [0.15, 0.2) is 48.8 Å². The SMILES string of the molecule is Cn1ccnc1CC(=O)c1cc2ccccc2cc1N. The first-order chi connectivity index (χ1) is 9.65. The summed E-state index contributed by atoms with van der Waals surface area (Å²) in [5.41, 5.74) is 7.08. The summed E-state index contributed by atoms with van der Waals surface area (Å²) in [7, 11) is 1.87. The number of hydrogen-bond donors (Lipinski definition) is 1. The molecule has 0 aliphatic heterocycles. The van der Waals surface area contributed by atoms with E-state index in [0.29, 0.717) is 11.3 Å². The molecular formula is C16H15N3O. The molecule has 2 aromatic carbocycles. The molecule has 4 nitrogen and oxygen atoms in total. The van der Waals surface area contributed by atoms with Gasteiger partial charge in [0, 0.05) is 30.7 Å². The van der Waals surface area contributed by atoms with Gasteiger partial charge in [-0.2, -0.15) is 0 Å². The lowest BCUT2D eigenvalue weighted by molar-refractivity contribution is 0.0991. The Bertz CT molecular complexity index is 789. The standard InChI is InChI=1S/C16H15N3O/c1-19-7-6-18-16(19)10-15(20)13-8-11-4-2-3-5-12(11)9-14(13)17/h2-9H,10,17H2,1H3. The molecule has 0 aliphatic rings. The smallest absolute Gasteiger partial charge is 0.172 e. The first-order valence-electron chi connectivity index (χ1n) is 6.43. The van der Waals surface area contributed by atoms with Gasteiger partial charge in [-0.3, -0.25) is 4.79 Å². The molecule has 0 atom stereocenters. The molecule has 3 aromatic rings. The molecule has 4 heteroatoms. The fraction of sp³-hybridized carbons (Fsp3) is 0.125. The van der Waals surface area contributed by atoms with Crippen molar-refractivity contribution >= 4 is 22.2 Å². The van der Waals surface area contributed by atoms with Crippen molar-refractivity contribution in [2.75, 3.05) is 5.73 Å². The number of nitrogens with zero attached hydrogens (tertiary/aromatic N) is 2. The summed E-state index contributed by atoms with van der Waals surface area (Å²) in [6, 6.07) is 11.6.